The van der Waals surface area contributed by atoms with Crippen molar-refractivity contribution in [1.29, 1.82) is 0 Å². The van der Waals surface area contributed by atoms with Crippen LogP contribution in [-0.4, -0.2) is 51.3 Å². The molecule has 0 fully saturated rings. The number of hydrogen-bond acceptors (Lipinski definition) is 3. The Balaban J connectivity index is 4.73. The van der Waals surface area contributed by atoms with E-state index < -0.39 is 28.0 Å². The molecule has 1 N–H and O–H groups in total. The molecule has 0 aliphatic heterocycles. The zero-order chi connectivity index (χ0) is 14.6. The van der Waals surface area contributed by atoms with E-state index in [4.69, 9.17) is 0 Å². The van der Waals surface area contributed by atoms with E-state index in [0.29, 0.717) is 0 Å². The fraction of sp³-hybridized carbons (Fsp3) is 1.00. The number of sulfonamides is 1. The molecule has 2 atom stereocenters. The molecule has 0 heterocycles. The van der Waals surface area contributed by atoms with Crippen molar-refractivity contribution in [2.45, 2.75) is 32.5 Å². The topological polar surface area (TPSA) is 49.4 Å². The van der Waals surface area contributed by atoms with E-state index in [1.165, 1.54) is 14.1 Å². The second-order valence-corrected chi connectivity index (χ2v) is 6.80. The smallest absolute Gasteiger partial charge is 0.305 e. The Bertz CT molecular complexity index is 342. The molecule has 0 aromatic rings. The third-order valence-corrected chi connectivity index (χ3v) is 4.61. The van der Waals surface area contributed by atoms with Crippen LogP contribution in [0.4, 0.5) is 13.2 Å². The van der Waals surface area contributed by atoms with E-state index >= 15 is 0 Å². The van der Waals surface area contributed by atoms with Crippen LogP contribution in [0.2, 0.25) is 0 Å². The summed E-state index contributed by atoms with van der Waals surface area (Å²) in [5.74, 6) is -0.906. The summed E-state index contributed by atoms with van der Waals surface area (Å²) in [5, 5.41) is 2.29. The third kappa shape index (κ3) is 6.01. The Morgan fingerprint density at radius 2 is 1.78 bits per heavy atom. The predicted molar refractivity (Wildman–Crippen MR) is 64.8 cm³/mol. The Morgan fingerprint density at radius 1 is 1.28 bits per heavy atom. The van der Waals surface area contributed by atoms with Gasteiger partial charge in [0, 0.05) is 14.1 Å². The van der Waals surface area contributed by atoms with Gasteiger partial charge in [-0.25, -0.2) is 12.7 Å². The summed E-state index contributed by atoms with van der Waals surface area (Å²) < 4.78 is 61.9. The summed E-state index contributed by atoms with van der Waals surface area (Å²) in [5.41, 5.74) is 0. The van der Waals surface area contributed by atoms with Gasteiger partial charge in [-0.05, 0) is 12.5 Å². The fourth-order valence-electron chi connectivity index (χ4n) is 1.12. The summed E-state index contributed by atoms with van der Waals surface area (Å²) in [6.45, 7) is 3.82. The standard InChI is InChI=1S/C10H21F3N2O2S/c1-5-8(2)6-14-9(10(11,12)13)7-18(16,17)15(3)4/h8-9,14H,5-7H2,1-4H3. The summed E-state index contributed by atoms with van der Waals surface area (Å²) in [6, 6.07) is -2.03. The number of alkyl halides is 3. The van der Waals surface area contributed by atoms with Gasteiger partial charge in [-0.1, -0.05) is 20.3 Å². The maximum absolute atomic E-state index is 12.7. The van der Waals surface area contributed by atoms with E-state index in [-0.39, 0.29) is 12.5 Å². The Hall–Kier alpha value is -0.340. The first-order valence-electron chi connectivity index (χ1n) is 5.71. The van der Waals surface area contributed by atoms with Crippen molar-refractivity contribution < 1.29 is 21.6 Å². The lowest BCUT2D eigenvalue weighted by Crippen LogP contribution is -2.50. The summed E-state index contributed by atoms with van der Waals surface area (Å²) in [4.78, 5) is 0. The second kappa shape index (κ2) is 6.72. The second-order valence-electron chi connectivity index (χ2n) is 4.58. The number of rotatable bonds is 7. The number of nitrogens with zero attached hydrogens (tertiary/aromatic N) is 1. The van der Waals surface area contributed by atoms with Crippen molar-refractivity contribution in [3.8, 4) is 0 Å². The lowest BCUT2D eigenvalue weighted by molar-refractivity contribution is -0.151. The molecule has 0 bridgehead atoms. The minimum atomic E-state index is -4.57. The van der Waals surface area contributed by atoms with Gasteiger partial charge in [0.1, 0.15) is 6.04 Å². The molecule has 0 saturated heterocycles. The van der Waals surface area contributed by atoms with Crippen LogP contribution < -0.4 is 5.32 Å². The quantitative estimate of drug-likeness (QED) is 0.772. The Morgan fingerprint density at radius 3 is 2.11 bits per heavy atom. The zero-order valence-corrected chi connectivity index (χ0v) is 11.9. The van der Waals surface area contributed by atoms with E-state index in [9.17, 15) is 21.6 Å². The molecular formula is C10H21F3N2O2S. The number of hydrogen-bond donors (Lipinski definition) is 1. The van der Waals surface area contributed by atoms with E-state index in [1.54, 1.807) is 6.92 Å². The highest BCUT2D eigenvalue weighted by molar-refractivity contribution is 7.89. The average Bonchev–Trinajstić information content (AvgIpc) is 2.21. The molecule has 0 radical (unpaired) electrons. The van der Waals surface area contributed by atoms with Crippen molar-refractivity contribution in [2.75, 3.05) is 26.4 Å². The van der Waals surface area contributed by atoms with E-state index in [1.807, 2.05) is 6.92 Å². The third-order valence-electron chi connectivity index (χ3n) is 2.74. The molecule has 0 aromatic heterocycles. The van der Waals surface area contributed by atoms with Gasteiger partial charge in [0.05, 0.1) is 5.75 Å². The van der Waals surface area contributed by atoms with Gasteiger partial charge < -0.3 is 5.32 Å². The van der Waals surface area contributed by atoms with Crippen LogP contribution in [0.5, 0.6) is 0 Å². The Kier molecular flexibility index (Phi) is 6.59. The van der Waals surface area contributed by atoms with Crippen LogP contribution in [0.1, 0.15) is 20.3 Å². The molecule has 0 spiro atoms. The van der Waals surface area contributed by atoms with Crippen molar-refractivity contribution in [3.05, 3.63) is 0 Å². The van der Waals surface area contributed by atoms with E-state index in [0.717, 1.165) is 10.7 Å². The normalized spacial score (nSPS) is 16.9. The first-order valence-corrected chi connectivity index (χ1v) is 7.32. The molecule has 18 heavy (non-hydrogen) atoms. The van der Waals surface area contributed by atoms with E-state index in [2.05, 4.69) is 5.32 Å². The maximum Gasteiger partial charge on any atom is 0.404 e. The summed E-state index contributed by atoms with van der Waals surface area (Å²) in [7, 11) is -1.44. The fourth-order valence-corrected chi connectivity index (χ4v) is 2.14. The number of nitrogens with one attached hydrogen (secondary N) is 1. The molecule has 0 amide bonds. The van der Waals surface area contributed by atoms with Crippen LogP contribution in [0.3, 0.4) is 0 Å². The van der Waals surface area contributed by atoms with Crippen LogP contribution in [0.15, 0.2) is 0 Å². The SMILES string of the molecule is CCC(C)CNC(CS(=O)(=O)N(C)C)C(F)(F)F. The van der Waals surface area contributed by atoms with Gasteiger partial charge in [-0.3, -0.25) is 0 Å². The number of halogens is 3. The van der Waals surface area contributed by atoms with Gasteiger partial charge in [-0.2, -0.15) is 13.2 Å². The van der Waals surface area contributed by atoms with Gasteiger partial charge >= 0.3 is 6.18 Å². The van der Waals surface area contributed by atoms with Gasteiger partial charge in [0.25, 0.3) is 0 Å². The zero-order valence-electron chi connectivity index (χ0n) is 11.1. The molecule has 0 rings (SSSR count). The van der Waals surface area contributed by atoms with Gasteiger partial charge in [0.15, 0.2) is 0 Å². The first-order chi connectivity index (χ1) is 8.00. The molecule has 0 saturated carbocycles. The van der Waals surface area contributed by atoms with Crippen molar-refractivity contribution >= 4 is 10.0 Å². The molecule has 0 aliphatic carbocycles. The van der Waals surface area contributed by atoms with Crippen LogP contribution in [-0.2, 0) is 10.0 Å². The lowest BCUT2D eigenvalue weighted by atomic mass is 10.1. The highest BCUT2D eigenvalue weighted by Gasteiger charge is 2.42. The summed E-state index contributed by atoms with van der Waals surface area (Å²) >= 11 is 0. The molecular weight excluding hydrogens is 269 g/mol. The highest BCUT2D eigenvalue weighted by atomic mass is 32.2. The van der Waals surface area contributed by atoms with Crippen molar-refractivity contribution in [2.24, 2.45) is 5.92 Å². The predicted octanol–water partition coefficient (Wildman–Crippen LogP) is 1.44. The monoisotopic (exact) mass is 290 g/mol. The van der Waals surface area contributed by atoms with Crippen LogP contribution in [0.25, 0.3) is 0 Å². The molecule has 110 valence electrons. The Labute approximate surface area is 107 Å². The molecule has 8 heteroatoms. The largest absolute Gasteiger partial charge is 0.404 e. The van der Waals surface area contributed by atoms with Crippen molar-refractivity contribution in [3.63, 3.8) is 0 Å². The van der Waals surface area contributed by atoms with Crippen LogP contribution >= 0.6 is 0 Å². The maximum atomic E-state index is 12.7. The molecule has 0 aliphatic rings. The van der Waals surface area contributed by atoms with Gasteiger partial charge in [-0.15, -0.1) is 0 Å². The minimum absolute atomic E-state index is 0.0666. The van der Waals surface area contributed by atoms with Crippen LogP contribution in [0, 0.1) is 5.92 Å². The lowest BCUT2D eigenvalue weighted by Gasteiger charge is -2.24. The summed E-state index contributed by atoms with van der Waals surface area (Å²) in [6.07, 6.45) is -3.84. The van der Waals surface area contributed by atoms with Gasteiger partial charge in [0.2, 0.25) is 10.0 Å². The minimum Gasteiger partial charge on any atom is -0.305 e. The van der Waals surface area contributed by atoms with Crippen molar-refractivity contribution in [1.82, 2.24) is 9.62 Å². The average molecular weight is 290 g/mol. The molecule has 4 nitrogen and oxygen atoms in total. The highest BCUT2D eigenvalue weighted by Crippen LogP contribution is 2.22. The molecule has 0 aromatic carbocycles. The first kappa shape index (κ1) is 17.7. The molecule has 2 unspecified atom stereocenters.